The maximum atomic E-state index is 12.2. The number of carbonyl (C=O) groups is 1. The molecule has 25 heavy (non-hydrogen) atoms. The monoisotopic (exact) mass is 334 g/mol. The van der Waals surface area contributed by atoms with E-state index in [0.29, 0.717) is 12.8 Å². The molecule has 0 saturated heterocycles. The number of carbonyl (C=O) groups excluding carboxylic acids is 1. The van der Waals surface area contributed by atoms with Crippen molar-refractivity contribution in [3.05, 3.63) is 72.3 Å². The maximum Gasteiger partial charge on any atom is 0.220 e. The molecule has 0 bridgehead atoms. The minimum atomic E-state index is -0.0205. The second-order valence-corrected chi connectivity index (χ2v) is 6.17. The van der Waals surface area contributed by atoms with Crippen molar-refractivity contribution < 1.29 is 4.79 Å². The summed E-state index contributed by atoms with van der Waals surface area (Å²) in [5.41, 5.74) is 4.44. The van der Waals surface area contributed by atoms with Crippen molar-refractivity contribution in [2.45, 2.75) is 25.8 Å². The van der Waals surface area contributed by atoms with E-state index in [0.717, 1.165) is 22.3 Å². The molecule has 1 amide bonds. The Morgan fingerprint density at radius 2 is 1.80 bits per heavy atom. The van der Waals surface area contributed by atoms with Crippen LogP contribution in [0.5, 0.6) is 0 Å². The Kier molecular flexibility index (Phi) is 5.23. The van der Waals surface area contributed by atoms with Gasteiger partial charge in [0.15, 0.2) is 0 Å². The number of nitrogens with one attached hydrogen (secondary N) is 1. The fraction of sp³-hybridized carbons (Fsp3) is 0.250. The normalized spacial score (nSPS) is 11.9. The number of amides is 1. The van der Waals surface area contributed by atoms with E-state index in [1.807, 2.05) is 32.3 Å². The summed E-state index contributed by atoms with van der Waals surface area (Å²) in [5.74, 6) is 0.0505. The van der Waals surface area contributed by atoms with Gasteiger partial charge in [-0.1, -0.05) is 24.3 Å². The van der Waals surface area contributed by atoms with E-state index in [-0.39, 0.29) is 11.9 Å². The third kappa shape index (κ3) is 4.53. The van der Waals surface area contributed by atoms with Crippen molar-refractivity contribution in [1.29, 1.82) is 0 Å². The third-order valence-corrected chi connectivity index (χ3v) is 4.20. The van der Waals surface area contributed by atoms with Crippen molar-refractivity contribution in [3.63, 3.8) is 0 Å². The molecule has 1 N–H and O–H groups in total. The molecule has 0 spiro atoms. The van der Waals surface area contributed by atoms with Gasteiger partial charge in [0.1, 0.15) is 0 Å². The van der Waals surface area contributed by atoms with Crippen LogP contribution in [-0.4, -0.2) is 20.7 Å². The van der Waals surface area contributed by atoms with Gasteiger partial charge in [-0.3, -0.25) is 14.5 Å². The van der Waals surface area contributed by atoms with Crippen LogP contribution in [0.3, 0.4) is 0 Å². The lowest BCUT2D eigenvalue weighted by Gasteiger charge is -2.15. The molecule has 0 aliphatic rings. The summed E-state index contributed by atoms with van der Waals surface area (Å²) in [5, 5.41) is 7.17. The summed E-state index contributed by atoms with van der Waals surface area (Å²) in [7, 11) is 1.88. The molecule has 0 aliphatic heterocycles. The molecule has 1 atom stereocenters. The topological polar surface area (TPSA) is 59.8 Å². The molecule has 0 unspecified atom stereocenters. The van der Waals surface area contributed by atoms with Crippen LogP contribution in [0.2, 0.25) is 0 Å². The van der Waals surface area contributed by atoms with E-state index in [4.69, 9.17) is 0 Å². The molecule has 0 fully saturated rings. The van der Waals surface area contributed by atoms with E-state index in [2.05, 4.69) is 39.7 Å². The van der Waals surface area contributed by atoms with E-state index in [1.165, 1.54) is 0 Å². The summed E-state index contributed by atoms with van der Waals surface area (Å²) in [4.78, 5) is 16.2. The predicted octanol–water partition coefficient (Wildman–Crippen LogP) is 3.29. The lowest BCUT2D eigenvalue weighted by Crippen LogP contribution is -2.26. The number of rotatable bonds is 6. The Labute approximate surface area is 147 Å². The van der Waals surface area contributed by atoms with Crippen LogP contribution in [0, 0.1) is 0 Å². The van der Waals surface area contributed by atoms with Gasteiger partial charge < -0.3 is 5.32 Å². The minimum absolute atomic E-state index is 0.0205. The van der Waals surface area contributed by atoms with E-state index in [1.54, 1.807) is 23.3 Å². The van der Waals surface area contributed by atoms with Gasteiger partial charge in [0.2, 0.25) is 5.91 Å². The summed E-state index contributed by atoms with van der Waals surface area (Å²) in [6.07, 6.45) is 8.48. The zero-order valence-electron chi connectivity index (χ0n) is 14.5. The van der Waals surface area contributed by atoms with E-state index in [9.17, 15) is 4.79 Å². The lowest BCUT2D eigenvalue weighted by atomic mass is 10.0. The third-order valence-electron chi connectivity index (χ3n) is 4.20. The van der Waals surface area contributed by atoms with Crippen molar-refractivity contribution in [3.8, 4) is 11.1 Å². The van der Waals surface area contributed by atoms with Crippen molar-refractivity contribution in [2.24, 2.45) is 7.05 Å². The molecule has 128 valence electrons. The number of hydrogen-bond donors (Lipinski definition) is 1. The van der Waals surface area contributed by atoms with Crippen molar-refractivity contribution in [1.82, 2.24) is 20.1 Å². The minimum Gasteiger partial charge on any atom is -0.350 e. The quantitative estimate of drug-likeness (QED) is 0.752. The molecule has 5 nitrogen and oxygen atoms in total. The molecule has 2 heterocycles. The first-order chi connectivity index (χ1) is 12.1. The highest BCUT2D eigenvalue weighted by atomic mass is 16.1. The van der Waals surface area contributed by atoms with Gasteiger partial charge in [0.05, 0.1) is 12.2 Å². The van der Waals surface area contributed by atoms with Crippen LogP contribution < -0.4 is 5.32 Å². The molecular formula is C20H22N4O. The fourth-order valence-electron chi connectivity index (χ4n) is 2.76. The van der Waals surface area contributed by atoms with Crippen LogP contribution in [0.15, 0.2) is 61.2 Å². The molecule has 0 aliphatic carbocycles. The van der Waals surface area contributed by atoms with Gasteiger partial charge in [0, 0.05) is 32.1 Å². The first-order valence-corrected chi connectivity index (χ1v) is 8.39. The standard InChI is InChI=1S/C20H22N4O/c1-15(23-20(25)8-3-16-13-22-24(2)14-16)17-4-6-18(7-5-17)19-9-11-21-12-10-19/h4-7,9-15H,3,8H2,1-2H3,(H,23,25)/t15-/m0/s1. The summed E-state index contributed by atoms with van der Waals surface area (Å²) >= 11 is 0. The van der Waals surface area contributed by atoms with Gasteiger partial charge in [-0.25, -0.2) is 0 Å². The van der Waals surface area contributed by atoms with Crippen LogP contribution >= 0.6 is 0 Å². The zero-order valence-corrected chi connectivity index (χ0v) is 14.5. The van der Waals surface area contributed by atoms with E-state index >= 15 is 0 Å². The molecule has 1 aromatic carbocycles. The average molecular weight is 334 g/mol. The predicted molar refractivity (Wildman–Crippen MR) is 97.8 cm³/mol. The summed E-state index contributed by atoms with van der Waals surface area (Å²) in [6, 6.07) is 12.2. The number of nitrogens with zero attached hydrogens (tertiary/aromatic N) is 3. The van der Waals surface area contributed by atoms with Crippen LogP contribution in [-0.2, 0) is 18.3 Å². The van der Waals surface area contributed by atoms with Crippen LogP contribution in [0.1, 0.15) is 30.5 Å². The number of benzene rings is 1. The second kappa shape index (κ2) is 7.75. The molecule has 2 aromatic heterocycles. The zero-order chi connectivity index (χ0) is 17.6. The highest BCUT2D eigenvalue weighted by molar-refractivity contribution is 5.76. The Hall–Kier alpha value is -2.95. The Morgan fingerprint density at radius 1 is 1.12 bits per heavy atom. The number of hydrogen-bond acceptors (Lipinski definition) is 3. The maximum absolute atomic E-state index is 12.2. The highest BCUT2D eigenvalue weighted by Crippen LogP contribution is 2.21. The van der Waals surface area contributed by atoms with E-state index < -0.39 is 0 Å². The van der Waals surface area contributed by atoms with Crippen LogP contribution in [0.25, 0.3) is 11.1 Å². The molecule has 5 heteroatoms. The van der Waals surface area contributed by atoms with Gasteiger partial charge in [0.25, 0.3) is 0 Å². The van der Waals surface area contributed by atoms with Gasteiger partial charge >= 0.3 is 0 Å². The Balaban J connectivity index is 1.55. The first-order valence-electron chi connectivity index (χ1n) is 8.39. The summed E-state index contributed by atoms with van der Waals surface area (Å²) in [6.45, 7) is 2.00. The van der Waals surface area contributed by atoms with Crippen molar-refractivity contribution in [2.75, 3.05) is 0 Å². The smallest absolute Gasteiger partial charge is 0.220 e. The van der Waals surface area contributed by atoms with Crippen molar-refractivity contribution >= 4 is 5.91 Å². The Bertz CT molecular complexity index is 824. The molecule has 3 rings (SSSR count). The van der Waals surface area contributed by atoms with Gasteiger partial charge in [-0.15, -0.1) is 0 Å². The average Bonchev–Trinajstić information content (AvgIpc) is 3.06. The molecule has 0 saturated carbocycles. The largest absolute Gasteiger partial charge is 0.350 e. The summed E-state index contributed by atoms with van der Waals surface area (Å²) < 4.78 is 1.75. The molecular weight excluding hydrogens is 312 g/mol. The van der Waals surface area contributed by atoms with Gasteiger partial charge in [-0.05, 0) is 47.7 Å². The second-order valence-electron chi connectivity index (χ2n) is 6.17. The van der Waals surface area contributed by atoms with Gasteiger partial charge in [-0.2, -0.15) is 5.10 Å². The highest BCUT2D eigenvalue weighted by Gasteiger charge is 2.10. The molecule has 3 aromatic rings. The lowest BCUT2D eigenvalue weighted by molar-refractivity contribution is -0.121. The van der Waals surface area contributed by atoms with Crippen LogP contribution in [0.4, 0.5) is 0 Å². The SMILES string of the molecule is C[C@H](NC(=O)CCc1cnn(C)c1)c1ccc(-c2ccncc2)cc1. The number of aromatic nitrogens is 3. The number of pyridine rings is 1. The number of aryl methyl sites for hydroxylation is 2. The Morgan fingerprint density at radius 3 is 2.44 bits per heavy atom. The first kappa shape index (κ1) is 16.9. The fourth-order valence-corrected chi connectivity index (χ4v) is 2.76. The molecule has 0 radical (unpaired) electrons.